The van der Waals surface area contributed by atoms with E-state index in [0.717, 1.165) is 18.9 Å². The van der Waals surface area contributed by atoms with Crippen molar-refractivity contribution in [1.82, 2.24) is 5.32 Å². The summed E-state index contributed by atoms with van der Waals surface area (Å²) in [7, 11) is 2.12. The Balaban J connectivity index is 3.34. The Morgan fingerprint density at radius 1 is 0.731 bits per heavy atom. The SMILES string of the molecule is CCCCCCCCCC(CCCCCCCCCC(=O)OCC)NC. The van der Waals surface area contributed by atoms with Crippen LogP contribution < -0.4 is 5.32 Å². The number of carbonyl (C=O) groups excluding carboxylic acids is 1. The Labute approximate surface area is 164 Å². The van der Waals surface area contributed by atoms with Gasteiger partial charge in [0.15, 0.2) is 0 Å². The molecular formula is C23H47NO2. The summed E-state index contributed by atoms with van der Waals surface area (Å²) >= 11 is 0. The minimum atomic E-state index is -0.0356. The molecule has 0 aromatic heterocycles. The van der Waals surface area contributed by atoms with E-state index >= 15 is 0 Å². The lowest BCUT2D eigenvalue weighted by Gasteiger charge is -2.16. The topological polar surface area (TPSA) is 38.3 Å². The summed E-state index contributed by atoms with van der Waals surface area (Å²) in [5, 5.41) is 3.51. The minimum Gasteiger partial charge on any atom is -0.466 e. The Morgan fingerprint density at radius 3 is 1.65 bits per heavy atom. The number of hydrogen-bond donors (Lipinski definition) is 1. The van der Waals surface area contributed by atoms with Gasteiger partial charge in [-0.25, -0.2) is 0 Å². The third-order valence-electron chi connectivity index (χ3n) is 5.30. The van der Waals surface area contributed by atoms with Gasteiger partial charge in [-0.05, 0) is 33.2 Å². The van der Waals surface area contributed by atoms with E-state index in [1.807, 2.05) is 6.92 Å². The molecule has 0 radical (unpaired) electrons. The molecule has 0 aliphatic heterocycles. The second kappa shape index (κ2) is 20.7. The Morgan fingerprint density at radius 2 is 1.19 bits per heavy atom. The maximum atomic E-state index is 11.2. The number of esters is 1. The monoisotopic (exact) mass is 369 g/mol. The molecule has 0 saturated carbocycles. The van der Waals surface area contributed by atoms with Crippen LogP contribution in [0, 0.1) is 0 Å². The number of rotatable bonds is 20. The maximum Gasteiger partial charge on any atom is 0.305 e. The van der Waals surface area contributed by atoms with Crippen molar-refractivity contribution in [1.29, 1.82) is 0 Å². The van der Waals surface area contributed by atoms with Crippen LogP contribution in [0.3, 0.4) is 0 Å². The van der Waals surface area contributed by atoms with Crippen molar-refractivity contribution >= 4 is 5.97 Å². The van der Waals surface area contributed by atoms with Crippen molar-refractivity contribution in [3.63, 3.8) is 0 Å². The molecule has 0 aliphatic carbocycles. The molecule has 0 fully saturated rings. The highest BCUT2D eigenvalue weighted by Crippen LogP contribution is 2.15. The van der Waals surface area contributed by atoms with E-state index in [0.29, 0.717) is 13.0 Å². The number of ether oxygens (including phenoxy) is 1. The van der Waals surface area contributed by atoms with E-state index < -0.39 is 0 Å². The van der Waals surface area contributed by atoms with E-state index in [2.05, 4.69) is 19.3 Å². The fraction of sp³-hybridized carbons (Fsp3) is 0.957. The molecule has 3 nitrogen and oxygen atoms in total. The van der Waals surface area contributed by atoms with Gasteiger partial charge in [0, 0.05) is 12.5 Å². The summed E-state index contributed by atoms with van der Waals surface area (Å²) in [6.45, 7) is 4.65. The Kier molecular flexibility index (Phi) is 20.3. The smallest absolute Gasteiger partial charge is 0.305 e. The molecule has 1 N–H and O–H groups in total. The molecule has 1 atom stereocenters. The third-order valence-corrected chi connectivity index (χ3v) is 5.30. The summed E-state index contributed by atoms with van der Waals surface area (Å²) < 4.78 is 4.95. The summed E-state index contributed by atoms with van der Waals surface area (Å²) in [6.07, 6.45) is 21.9. The van der Waals surface area contributed by atoms with Gasteiger partial charge in [0.05, 0.1) is 6.61 Å². The molecule has 0 aromatic carbocycles. The first-order chi connectivity index (χ1) is 12.7. The van der Waals surface area contributed by atoms with Crippen LogP contribution in [0.25, 0.3) is 0 Å². The van der Waals surface area contributed by atoms with Crippen molar-refractivity contribution in [2.75, 3.05) is 13.7 Å². The van der Waals surface area contributed by atoms with Gasteiger partial charge in [0.25, 0.3) is 0 Å². The molecule has 0 amide bonds. The van der Waals surface area contributed by atoms with Crippen LogP contribution >= 0.6 is 0 Å². The fourth-order valence-corrected chi connectivity index (χ4v) is 3.56. The van der Waals surface area contributed by atoms with Gasteiger partial charge in [0.1, 0.15) is 0 Å². The average Bonchev–Trinajstić information content (AvgIpc) is 2.64. The zero-order valence-corrected chi connectivity index (χ0v) is 18.1. The molecule has 0 saturated heterocycles. The first kappa shape index (κ1) is 25.4. The standard InChI is InChI=1S/C23H47NO2/c1-4-6-7-8-10-13-16-19-22(24-3)20-17-14-11-9-12-15-18-21-23(25)26-5-2/h22,24H,4-21H2,1-3H3. The highest BCUT2D eigenvalue weighted by molar-refractivity contribution is 5.69. The van der Waals surface area contributed by atoms with Crippen LogP contribution in [0.15, 0.2) is 0 Å². The van der Waals surface area contributed by atoms with Gasteiger partial charge < -0.3 is 10.1 Å². The molecule has 0 rings (SSSR count). The lowest BCUT2D eigenvalue weighted by Crippen LogP contribution is -2.24. The summed E-state index contributed by atoms with van der Waals surface area (Å²) in [4.78, 5) is 11.2. The largest absolute Gasteiger partial charge is 0.466 e. The summed E-state index contributed by atoms with van der Waals surface area (Å²) in [6, 6.07) is 0.718. The van der Waals surface area contributed by atoms with E-state index in [-0.39, 0.29) is 5.97 Å². The Hall–Kier alpha value is -0.570. The van der Waals surface area contributed by atoms with Gasteiger partial charge in [0.2, 0.25) is 0 Å². The third kappa shape index (κ3) is 18.2. The second-order valence-corrected chi connectivity index (χ2v) is 7.71. The predicted molar refractivity (Wildman–Crippen MR) is 114 cm³/mol. The quantitative estimate of drug-likeness (QED) is 0.190. The molecule has 3 heteroatoms. The molecule has 26 heavy (non-hydrogen) atoms. The molecule has 0 bridgehead atoms. The van der Waals surface area contributed by atoms with Crippen LogP contribution in [-0.4, -0.2) is 25.7 Å². The molecule has 0 heterocycles. The lowest BCUT2D eigenvalue weighted by molar-refractivity contribution is -0.143. The summed E-state index contributed by atoms with van der Waals surface area (Å²) in [5.41, 5.74) is 0. The normalized spacial score (nSPS) is 12.3. The van der Waals surface area contributed by atoms with Crippen LogP contribution in [0.5, 0.6) is 0 Å². The van der Waals surface area contributed by atoms with Crippen molar-refractivity contribution < 1.29 is 9.53 Å². The number of hydrogen-bond acceptors (Lipinski definition) is 3. The number of carbonyl (C=O) groups is 1. The molecule has 156 valence electrons. The maximum absolute atomic E-state index is 11.2. The van der Waals surface area contributed by atoms with Gasteiger partial charge >= 0.3 is 5.97 Å². The van der Waals surface area contributed by atoms with Gasteiger partial charge in [-0.2, -0.15) is 0 Å². The van der Waals surface area contributed by atoms with E-state index in [9.17, 15) is 4.79 Å². The molecule has 1 unspecified atom stereocenters. The van der Waals surface area contributed by atoms with Gasteiger partial charge in [-0.15, -0.1) is 0 Å². The zero-order chi connectivity index (χ0) is 19.3. The highest BCUT2D eigenvalue weighted by Gasteiger charge is 2.05. The second-order valence-electron chi connectivity index (χ2n) is 7.71. The van der Waals surface area contributed by atoms with Crippen molar-refractivity contribution in [3.8, 4) is 0 Å². The number of unbranched alkanes of at least 4 members (excludes halogenated alkanes) is 12. The summed E-state index contributed by atoms with van der Waals surface area (Å²) in [5.74, 6) is -0.0356. The van der Waals surface area contributed by atoms with Gasteiger partial charge in [-0.3, -0.25) is 4.79 Å². The van der Waals surface area contributed by atoms with Crippen molar-refractivity contribution in [3.05, 3.63) is 0 Å². The molecule has 0 spiro atoms. The highest BCUT2D eigenvalue weighted by atomic mass is 16.5. The fourth-order valence-electron chi connectivity index (χ4n) is 3.56. The minimum absolute atomic E-state index is 0.0356. The first-order valence-corrected chi connectivity index (χ1v) is 11.6. The molecular weight excluding hydrogens is 322 g/mol. The first-order valence-electron chi connectivity index (χ1n) is 11.6. The van der Waals surface area contributed by atoms with Crippen LogP contribution in [0.2, 0.25) is 0 Å². The zero-order valence-electron chi connectivity index (χ0n) is 18.1. The van der Waals surface area contributed by atoms with Crippen LogP contribution in [0.1, 0.15) is 123 Å². The molecule has 0 aromatic rings. The van der Waals surface area contributed by atoms with Crippen molar-refractivity contribution in [2.24, 2.45) is 0 Å². The van der Waals surface area contributed by atoms with E-state index in [1.165, 1.54) is 89.9 Å². The average molecular weight is 370 g/mol. The van der Waals surface area contributed by atoms with E-state index in [1.54, 1.807) is 0 Å². The van der Waals surface area contributed by atoms with Crippen LogP contribution in [0.4, 0.5) is 0 Å². The Bertz CT molecular complexity index is 294. The van der Waals surface area contributed by atoms with Gasteiger partial charge in [-0.1, -0.05) is 90.4 Å². The van der Waals surface area contributed by atoms with E-state index in [4.69, 9.17) is 4.74 Å². The van der Waals surface area contributed by atoms with Crippen molar-refractivity contribution in [2.45, 2.75) is 129 Å². The lowest BCUT2D eigenvalue weighted by atomic mass is 10.00. The predicted octanol–water partition coefficient (Wildman–Crippen LogP) is 6.79. The number of nitrogens with one attached hydrogen (secondary N) is 1. The molecule has 0 aliphatic rings. The van der Waals surface area contributed by atoms with Crippen LogP contribution in [-0.2, 0) is 9.53 Å².